The molecule has 1 aliphatic heterocycles. The summed E-state index contributed by atoms with van der Waals surface area (Å²) in [5.74, 6) is 2.04. The molecule has 0 radical (unpaired) electrons. The Balaban J connectivity index is 1.77. The van der Waals surface area contributed by atoms with Crippen molar-refractivity contribution >= 4 is 11.8 Å². The van der Waals surface area contributed by atoms with E-state index in [1.54, 1.807) is 0 Å². The van der Waals surface area contributed by atoms with Gasteiger partial charge in [0.1, 0.15) is 0 Å². The number of hydrogen-bond acceptors (Lipinski definition) is 2. The van der Waals surface area contributed by atoms with Gasteiger partial charge in [0.25, 0.3) is 0 Å². The molecular weight excluding hydrogens is 178 g/mol. The Kier molecular flexibility index (Phi) is 1.70. The second-order valence-corrected chi connectivity index (χ2v) is 5.06. The maximum Gasteiger partial charge on any atom is 0.230 e. The third kappa shape index (κ3) is 1.11. The van der Waals surface area contributed by atoms with Crippen molar-refractivity contribution in [3.8, 4) is 0 Å². The summed E-state index contributed by atoms with van der Waals surface area (Å²) in [4.78, 5) is 22.6. The first-order chi connectivity index (χ1) is 6.74. The van der Waals surface area contributed by atoms with Crippen molar-refractivity contribution in [2.24, 2.45) is 23.7 Å². The van der Waals surface area contributed by atoms with E-state index in [0.717, 1.165) is 11.8 Å². The molecule has 4 atom stereocenters. The van der Waals surface area contributed by atoms with Gasteiger partial charge in [0.2, 0.25) is 11.8 Å². The molecule has 4 unspecified atom stereocenters. The van der Waals surface area contributed by atoms with E-state index in [1.165, 1.54) is 25.7 Å². The van der Waals surface area contributed by atoms with Gasteiger partial charge in [0.15, 0.2) is 0 Å². The summed E-state index contributed by atoms with van der Waals surface area (Å²) in [5, 5.41) is 2.43. The summed E-state index contributed by atoms with van der Waals surface area (Å²) in [7, 11) is 0. The van der Waals surface area contributed by atoms with Gasteiger partial charge in [0, 0.05) is 6.42 Å². The Morgan fingerprint density at radius 2 is 2.00 bits per heavy atom. The zero-order chi connectivity index (χ0) is 9.71. The first-order valence-electron chi connectivity index (χ1n) is 5.57. The first-order valence-corrected chi connectivity index (χ1v) is 5.57. The predicted molar refractivity (Wildman–Crippen MR) is 50.2 cm³/mol. The largest absolute Gasteiger partial charge is 0.296 e. The predicted octanol–water partition coefficient (Wildman–Crippen LogP) is 1.09. The van der Waals surface area contributed by atoms with Crippen molar-refractivity contribution in [2.75, 3.05) is 0 Å². The number of hydrogen-bond donors (Lipinski definition) is 1. The number of imide groups is 1. The minimum Gasteiger partial charge on any atom is -0.296 e. The molecule has 2 amide bonds. The Bertz CT molecular complexity index is 300. The van der Waals surface area contributed by atoms with Gasteiger partial charge in [-0.25, -0.2) is 0 Å². The number of fused-ring (bicyclic) bond motifs is 2. The Hall–Kier alpha value is -0.860. The van der Waals surface area contributed by atoms with Crippen molar-refractivity contribution in [2.45, 2.75) is 32.1 Å². The van der Waals surface area contributed by atoms with Gasteiger partial charge in [-0.3, -0.25) is 14.9 Å². The molecule has 0 spiro atoms. The second kappa shape index (κ2) is 2.81. The van der Waals surface area contributed by atoms with Crippen LogP contribution in [-0.2, 0) is 9.59 Å². The highest BCUT2D eigenvalue weighted by atomic mass is 16.2. The van der Waals surface area contributed by atoms with E-state index in [-0.39, 0.29) is 17.7 Å². The minimum atomic E-state index is -0.0669. The zero-order valence-electron chi connectivity index (χ0n) is 8.16. The fraction of sp³-hybridized carbons (Fsp3) is 0.818. The van der Waals surface area contributed by atoms with Crippen LogP contribution in [0.4, 0.5) is 0 Å². The van der Waals surface area contributed by atoms with Crippen LogP contribution in [0.1, 0.15) is 32.1 Å². The number of rotatable bonds is 1. The molecule has 14 heavy (non-hydrogen) atoms. The van der Waals surface area contributed by atoms with E-state index in [0.29, 0.717) is 12.3 Å². The van der Waals surface area contributed by atoms with Crippen LogP contribution in [0.25, 0.3) is 0 Å². The average Bonchev–Trinajstić information content (AvgIpc) is 2.79. The number of amides is 2. The van der Waals surface area contributed by atoms with Crippen LogP contribution in [0.2, 0.25) is 0 Å². The SMILES string of the molecule is O=C1CC(C2CC3CCC2C3)C(=O)N1. The summed E-state index contributed by atoms with van der Waals surface area (Å²) >= 11 is 0. The molecule has 3 rings (SSSR count). The average molecular weight is 193 g/mol. The molecule has 3 heteroatoms. The van der Waals surface area contributed by atoms with E-state index < -0.39 is 0 Å². The third-order valence-corrected chi connectivity index (χ3v) is 4.31. The van der Waals surface area contributed by atoms with Crippen LogP contribution in [0.3, 0.4) is 0 Å². The van der Waals surface area contributed by atoms with E-state index in [9.17, 15) is 9.59 Å². The van der Waals surface area contributed by atoms with Crippen molar-refractivity contribution in [3.63, 3.8) is 0 Å². The van der Waals surface area contributed by atoms with Crippen molar-refractivity contribution in [1.82, 2.24) is 5.32 Å². The molecule has 76 valence electrons. The molecule has 3 fully saturated rings. The van der Waals surface area contributed by atoms with Crippen molar-refractivity contribution in [1.29, 1.82) is 0 Å². The minimum absolute atomic E-state index is 0.00690. The van der Waals surface area contributed by atoms with Crippen molar-refractivity contribution in [3.05, 3.63) is 0 Å². The van der Waals surface area contributed by atoms with Crippen LogP contribution in [0.15, 0.2) is 0 Å². The molecule has 2 saturated carbocycles. The van der Waals surface area contributed by atoms with Crippen LogP contribution < -0.4 is 5.32 Å². The van der Waals surface area contributed by atoms with E-state index in [2.05, 4.69) is 5.32 Å². The lowest BCUT2D eigenvalue weighted by Crippen LogP contribution is -2.28. The van der Waals surface area contributed by atoms with Gasteiger partial charge in [-0.05, 0) is 37.0 Å². The topological polar surface area (TPSA) is 46.2 Å². The number of carbonyl (C=O) groups excluding carboxylic acids is 2. The van der Waals surface area contributed by atoms with Gasteiger partial charge in [-0.15, -0.1) is 0 Å². The van der Waals surface area contributed by atoms with Gasteiger partial charge >= 0.3 is 0 Å². The summed E-state index contributed by atoms with van der Waals surface area (Å²) < 4.78 is 0. The molecule has 0 aromatic carbocycles. The highest BCUT2D eigenvalue weighted by molar-refractivity contribution is 6.03. The molecule has 1 heterocycles. The van der Waals surface area contributed by atoms with E-state index >= 15 is 0 Å². The molecule has 0 aromatic rings. The maximum atomic E-state index is 11.5. The van der Waals surface area contributed by atoms with E-state index in [1.807, 2.05) is 0 Å². The molecule has 1 saturated heterocycles. The highest BCUT2D eigenvalue weighted by Gasteiger charge is 2.47. The molecule has 0 aromatic heterocycles. The highest BCUT2D eigenvalue weighted by Crippen LogP contribution is 2.52. The first kappa shape index (κ1) is 8.45. The lowest BCUT2D eigenvalue weighted by Gasteiger charge is -2.25. The summed E-state index contributed by atoms with van der Waals surface area (Å²) in [6.45, 7) is 0. The van der Waals surface area contributed by atoms with Crippen LogP contribution in [-0.4, -0.2) is 11.8 Å². The zero-order valence-corrected chi connectivity index (χ0v) is 8.16. The molecule has 2 aliphatic carbocycles. The third-order valence-electron chi connectivity index (χ3n) is 4.31. The Labute approximate surface area is 83.2 Å². The normalized spacial score (nSPS) is 46.0. The van der Waals surface area contributed by atoms with Crippen molar-refractivity contribution < 1.29 is 9.59 Å². The molecule has 3 nitrogen and oxygen atoms in total. The fourth-order valence-corrected chi connectivity index (χ4v) is 3.71. The number of nitrogens with one attached hydrogen (secondary N) is 1. The second-order valence-electron chi connectivity index (χ2n) is 5.06. The smallest absolute Gasteiger partial charge is 0.230 e. The van der Waals surface area contributed by atoms with Gasteiger partial charge in [-0.2, -0.15) is 0 Å². The van der Waals surface area contributed by atoms with Crippen LogP contribution in [0.5, 0.6) is 0 Å². The van der Waals surface area contributed by atoms with E-state index in [4.69, 9.17) is 0 Å². The lowest BCUT2D eigenvalue weighted by atomic mass is 9.78. The molecule has 2 bridgehead atoms. The van der Waals surface area contributed by atoms with Crippen LogP contribution in [0, 0.1) is 23.7 Å². The molecule has 3 aliphatic rings. The van der Waals surface area contributed by atoms with Crippen LogP contribution >= 0.6 is 0 Å². The van der Waals surface area contributed by atoms with Gasteiger partial charge in [0.05, 0.1) is 5.92 Å². The summed E-state index contributed by atoms with van der Waals surface area (Å²) in [6.07, 6.45) is 5.59. The monoisotopic (exact) mass is 193 g/mol. The van der Waals surface area contributed by atoms with Gasteiger partial charge < -0.3 is 0 Å². The fourth-order valence-electron chi connectivity index (χ4n) is 3.71. The molecular formula is C11H15NO2. The Morgan fingerprint density at radius 1 is 1.14 bits per heavy atom. The number of carbonyl (C=O) groups is 2. The van der Waals surface area contributed by atoms with Gasteiger partial charge in [-0.1, -0.05) is 6.42 Å². The lowest BCUT2D eigenvalue weighted by molar-refractivity contribution is -0.126. The standard InChI is InChI=1S/C11H15NO2/c13-10-5-9(11(14)12-10)8-4-6-1-2-7(8)3-6/h6-9H,1-5H2,(H,12,13,14). The Morgan fingerprint density at radius 3 is 2.50 bits per heavy atom. The molecule has 1 N–H and O–H groups in total. The summed E-state index contributed by atoms with van der Waals surface area (Å²) in [6, 6.07) is 0. The maximum absolute atomic E-state index is 11.5. The summed E-state index contributed by atoms with van der Waals surface area (Å²) in [5.41, 5.74) is 0. The quantitative estimate of drug-likeness (QED) is 0.633.